The van der Waals surface area contributed by atoms with Crippen molar-refractivity contribution in [3.05, 3.63) is 34.9 Å². The molecule has 0 fully saturated rings. The fraction of sp³-hybridized carbons (Fsp3) is 0.625. The van der Waals surface area contributed by atoms with Gasteiger partial charge in [0.15, 0.2) is 0 Å². The van der Waals surface area contributed by atoms with Gasteiger partial charge in [0.25, 0.3) is 0 Å². The molecule has 2 heteroatoms. The van der Waals surface area contributed by atoms with E-state index in [1.165, 1.54) is 24.8 Å². The predicted octanol–water partition coefficient (Wildman–Crippen LogP) is 6.08. The zero-order chi connectivity index (χ0) is 14.2. The minimum absolute atomic E-state index is 0.366. The van der Waals surface area contributed by atoms with Gasteiger partial charge in [0, 0.05) is 0 Å². The van der Waals surface area contributed by atoms with Gasteiger partial charge in [0.1, 0.15) is 0 Å². The molecular weight excluding hydrogens is 254 g/mol. The first-order valence-electron chi connectivity index (χ1n) is 6.86. The van der Waals surface area contributed by atoms with Crippen molar-refractivity contribution in [2.75, 3.05) is 0 Å². The van der Waals surface area contributed by atoms with Crippen LogP contribution in [0.3, 0.4) is 0 Å². The van der Waals surface area contributed by atoms with Crippen LogP contribution in [0.2, 0.25) is 0 Å². The van der Waals surface area contributed by atoms with Gasteiger partial charge in [-0.3, -0.25) is 0 Å². The molecule has 0 radical (unpaired) electrons. The molecule has 0 aromatic heterocycles. The normalized spacial score (nSPS) is 19.8. The Balaban J connectivity index is 0.00000137. The molecule has 0 amide bonds. The third kappa shape index (κ3) is 5.81. The van der Waals surface area contributed by atoms with Crippen LogP contribution in [0, 0.1) is 5.41 Å². The molecule has 0 nitrogen and oxygen atoms in total. The van der Waals surface area contributed by atoms with Crippen molar-refractivity contribution in [3.8, 4) is 0 Å². The van der Waals surface area contributed by atoms with Crippen LogP contribution in [-0.4, -0.2) is 0 Å². The highest BCUT2D eigenvalue weighted by molar-refractivity contribution is 7.92. The smallest absolute Gasteiger partial charge is 0.0104 e. The van der Waals surface area contributed by atoms with Crippen molar-refractivity contribution in [3.63, 3.8) is 0 Å². The average molecular weight is 284 g/mol. The number of hydrogen-bond acceptors (Lipinski definition) is 0. The molecule has 2 unspecified atom stereocenters. The molecule has 0 aliphatic heterocycles. The summed E-state index contributed by atoms with van der Waals surface area (Å²) in [5.41, 5.74) is 4.88. The van der Waals surface area contributed by atoms with E-state index in [4.69, 9.17) is 0 Å². The molecule has 0 heterocycles. The Bertz CT molecular complexity index is 333. The summed E-state index contributed by atoms with van der Waals surface area (Å²) in [5, 5.41) is 0. The first-order chi connectivity index (χ1) is 8.47. The van der Waals surface area contributed by atoms with Crippen LogP contribution < -0.4 is 0 Å². The van der Waals surface area contributed by atoms with Crippen LogP contribution in [0.15, 0.2) is 34.9 Å². The largest absolute Gasteiger partial charge is 0.118 e. The SMILES string of the molecule is CC/C=C(C)/C=C/C1=C(C)CCCC1(C)C.PP. The molecule has 0 spiro atoms. The van der Waals surface area contributed by atoms with Crippen molar-refractivity contribution in [1.29, 1.82) is 0 Å². The predicted molar refractivity (Wildman–Crippen MR) is 92.9 cm³/mol. The molecule has 0 saturated heterocycles. The fourth-order valence-corrected chi connectivity index (χ4v) is 2.62. The van der Waals surface area contributed by atoms with Gasteiger partial charge in [-0.25, -0.2) is 0 Å². The molecule has 0 aromatic carbocycles. The van der Waals surface area contributed by atoms with Crippen LogP contribution in [0.4, 0.5) is 0 Å². The molecule has 1 aliphatic carbocycles. The number of rotatable bonds is 3. The van der Waals surface area contributed by atoms with Crippen LogP contribution in [-0.2, 0) is 0 Å². The van der Waals surface area contributed by atoms with Gasteiger partial charge in [0.2, 0.25) is 0 Å². The van der Waals surface area contributed by atoms with E-state index < -0.39 is 0 Å². The summed E-state index contributed by atoms with van der Waals surface area (Å²) in [6, 6.07) is 0. The average Bonchev–Trinajstić information content (AvgIpc) is 2.30. The summed E-state index contributed by atoms with van der Waals surface area (Å²) in [4.78, 5) is 0. The lowest BCUT2D eigenvalue weighted by Gasteiger charge is -2.32. The third-order valence-electron chi connectivity index (χ3n) is 3.58. The van der Waals surface area contributed by atoms with Crippen LogP contribution >= 0.6 is 17.9 Å². The molecule has 18 heavy (non-hydrogen) atoms. The van der Waals surface area contributed by atoms with Gasteiger partial charge in [0.05, 0.1) is 0 Å². The van der Waals surface area contributed by atoms with Gasteiger partial charge in [-0.05, 0) is 50.5 Å². The second-order valence-corrected chi connectivity index (χ2v) is 5.62. The first-order valence-corrected chi connectivity index (χ1v) is 9.52. The molecule has 0 bridgehead atoms. The molecule has 0 aromatic rings. The van der Waals surface area contributed by atoms with Crippen molar-refractivity contribution >= 4 is 17.9 Å². The van der Waals surface area contributed by atoms with Crippen LogP contribution in [0.5, 0.6) is 0 Å². The molecular formula is C16H30P2. The van der Waals surface area contributed by atoms with E-state index >= 15 is 0 Å². The second-order valence-electron chi connectivity index (χ2n) is 5.62. The van der Waals surface area contributed by atoms with Crippen molar-refractivity contribution in [2.45, 2.75) is 60.3 Å². The summed E-state index contributed by atoms with van der Waals surface area (Å²) < 4.78 is 0. The van der Waals surface area contributed by atoms with E-state index in [-0.39, 0.29) is 0 Å². The van der Waals surface area contributed by atoms with E-state index in [1.807, 2.05) is 0 Å². The lowest BCUT2D eigenvalue weighted by atomic mass is 9.72. The lowest BCUT2D eigenvalue weighted by Crippen LogP contribution is -2.19. The third-order valence-corrected chi connectivity index (χ3v) is 3.58. The van der Waals surface area contributed by atoms with E-state index in [9.17, 15) is 0 Å². The van der Waals surface area contributed by atoms with Crippen molar-refractivity contribution in [1.82, 2.24) is 0 Å². The number of hydrogen-bond donors (Lipinski definition) is 0. The summed E-state index contributed by atoms with van der Waals surface area (Å²) in [5.74, 6) is 0. The Labute approximate surface area is 119 Å². The number of allylic oxidation sites excluding steroid dienone is 6. The first kappa shape index (κ1) is 18.1. The molecule has 0 saturated carbocycles. The van der Waals surface area contributed by atoms with Gasteiger partial charge in [-0.15, -0.1) is 17.9 Å². The highest BCUT2D eigenvalue weighted by atomic mass is 32.0. The van der Waals surface area contributed by atoms with Gasteiger partial charge in [-0.1, -0.05) is 50.1 Å². The molecule has 2 atom stereocenters. The Kier molecular flexibility index (Phi) is 9.10. The highest BCUT2D eigenvalue weighted by Crippen LogP contribution is 2.40. The Hall–Kier alpha value is 0.0800. The van der Waals surface area contributed by atoms with Gasteiger partial charge >= 0.3 is 0 Å². The molecule has 104 valence electrons. The molecule has 1 rings (SSSR count). The van der Waals surface area contributed by atoms with Gasteiger partial charge < -0.3 is 0 Å². The van der Waals surface area contributed by atoms with Crippen LogP contribution in [0.1, 0.15) is 60.3 Å². The maximum atomic E-state index is 2.37. The quantitative estimate of drug-likeness (QED) is 0.435. The van der Waals surface area contributed by atoms with E-state index in [0.717, 1.165) is 6.42 Å². The van der Waals surface area contributed by atoms with E-state index in [1.54, 1.807) is 11.1 Å². The van der Waals surface area contributed by atoms with Crippen molar-refractivity contribution < 1.29 is 0 Å². The maximum absolute atomic E-state index is 2.37. The standard InChI is InChI=1S/C16H26.H4P2/c1-6-8-13(2)10-11-15-14(3)9-7-12-16(15,4)5;1-2/h8,10-11H,6-7,9,12H2,1-5H3;1-2H2/b11-10+,13-8+;. The second kappa shape index (κ2) is 9.06. The Morgan fingerprint density at radius 2 is 1.94 bits per heavy atom. The Morgan fingerprint density at radius 1 is 1.33 bits per heavy atom. The minimum atomic E-state index is 0.366. The van der Waals surface area contributed by atoms with E-state index in [0.29, 0.717) is 5.41 Å². The summed E-state index contributed by atoms with van der Waals surface area (Å²) in [6.45, 7) is 11.4. The fourth-order valence-electron chi connectivity index (χ4n) is 2.62. The van der Waals surface area contributed by atoms with Crippen molar-refractivity contribution in [2.24, 2.45) is 5.41 Å². The monoisotopic (exact) mass is 284 g/mol. The summed E-state index contributed by atoms with van der Waals surface area (Å²) in [6.07, 6.45) is 12.0. The maximum Gasteiger partial charge on any atom is -0.0104 e. The molecule has 0 N–H and O–H groups in total. The Morgan fingerprint density at radius 3 is 2.44 bits per heavy atom. The zero-order valence-electron chi connectivity index (χ0n) is 12.7. The topological polar surface area (TPSA) is 0 Å². The summed E-state index contributed by atoms with van der Waals surface area (Å²) >= 11 is 0. The van der Waals surface area contributed by atoms with E-state index in [2.05, 4.69) is 70.7 Å². The minimum Gasteiger partial charge on any atom is -0.118 e. The lowest BCUT2D eigenvalue weighted by molar-refractivity contribution is 0.377. The van der Waals surface area contributed by atoms with Crippen LogP contribution in [0.25, 0.3) is 0 Å². The molecule has 1 aliphatic rings. The zero-order valence-corrected chi connectivity index (χ0v) is 15.0. The van der Waals surface area contributed by atoms with Gasteiger partial charge in [-0.2, -0.15) is 0 Å². The summed E-state index contributed by atoms with van der Waals surface area (Å²) in [7, 11) is 4.67. The highest BCUT2D eigenvalue weighted by Gasteiger charge is 2.26.